The minimum Gasteiger partial charge on any atom is -0.358 e. The molecule has 0 aromatic heterocycles. The number of benzene rings is 1. The third-order valence-corrected chi connectivity index (χ3v) is 5.64. The Bertz CT molecular complexity index is 587. The topological polar surface area (TPSA) is 52.7 Å². The molecule has 0 saturated carbocycles. The molecule has 0 spiro atoms. The van der Waals surface area contributed by atoms with Crippen LogP contribution in [0.2, 0.25) is 0 Å². The number of carbonyl (C=O) groups is 2. The number of nitrogens with one attached hydrogen (secondary N) is 1. The van der Waals surface area contributed by atoms with E-state index >= 15 is 0 Å². The van der Waals surface area contributed by atoms with E-state index in [-0.39, 0.29) is 11.8 Å². The van der Waals surface area contributed by atoms with Crippen molar-refractivity contribution in [2.24, 2.45) is 0 Å². The highest BCUT2D eigenvalue weighted by molar-refractivity contribution is 8.00. The summed E-state index contributed by atoms with van der Waals surface area (Å²) in [6.45, 7) is 9.62. The van der Waals surface area contributed by atoms with Crippen molar-refractivity contribution >= 4 is 23.6 Å². The maximum absolute atomic E-state index is 12.5. The van der Waals surface area contributed by atoms with Crippen molar-refractivity contribution in [2.75, 3.05) is 45.5 Å². The summed E-state index contributed by atoms with van der Waals surface area (Å²) in [5.74, 6) is 0.676. The first-order valence-electron chi connectivity index (χ1n) is 8.32. The van der Waals surface area contributed by atoms with Crippen LogP contribution in [0.4, 0.5) is 0 Å². The van der Waals surface area contributed by atoms with Crippen LogP contribution in [-0.2, 0) is 9.59 Å². The molecule has 5 nitrogen and oxygen atoms in total. The molecule has 0 aliphatic carbocycles. The largest absolute Gasteiger partial charge is 0.358 e. The van der Waals surface area contributed by atoms with Gasteiger partial charge in [0.1, 0.15) is 0 Å². The summed E-state index contributed by atoms with van der Waals surface area (Å²) in [6, 6.07) is 4.33. The van der Waals surface area contributed by atoms with Gasteiger partial charge in [-0.2, -0.15) is 0 Å². The normalized spacial score (nSPS) is 15.4. The van der Waals surface area contributed by atoms with Gasteiger partial charge < -0.3 is 10.2 Å². The number of carbonyl (C=O) groups excluding carboxylic acids is 2. The number of hydrogen-bond donors (Lipinski definition) is 1. The molecular formula is C18H27N3O2S. The lowest BCUT2D eigenvalue weighted by Gasteiger charge is -2.34. The minimum atomic E-state index is 0.0238. The molecule has 132 valence electrons. The average Bonchev–Trinajstić information content (AvgIpc) is 2.54. The molecule has 0 unspecified atom stereocenters. The predicted molar refractivity (Wildman–Crippen MR) is 98.5 cm³/mol. The molecule has 1 aliphatic rings. The summed E-state index contributed by atoms with van der Waals surface area (Å²) in [6.07, 6.45) is 0. The fourth-order valence-corrected chi connectivity index (χ4v) is 4.08. The van der Waals surface area contributed by atoms with Crippen molar-refractivity contribution in [3.63, 3.8) is 0 Å². The maximum Gasteiger partial charge on any atom is 0.233 e. The van der Waals surface area contributed by atoms with Gasteiger partial charge in [-0.1, -0.05) is 17.7 Å². The quantitative estimate of drug-likeness (QED) is 0.821. The second kappa shape index (κ2) is 8.53. The summed E-state index contributed by atoms with van der Waals surface area (Å²) in [4.78, 5) is 29.1. The second-order valence-corrected chi connectivity index (χ2v) is 7.33. The molecule has 2 rings (SSSR count). The molecule has 1 fully saturated rings. The number of hydrogen-bond acceptors (Lipinski definition) is 4. The van der Waals surface area contributed by atoms with Crippen molar-refractivity contribution in [3.8, 4) is 0 Å². The number of piperazine rings is 1. The van der Waals surface area contributed by atoms with Gasteiger partial charge >= 0.3 is 0 Å². The van der Waals surface area contributed by atoms with Crippen LogP contribution >= 0.6 is 11.8 Å². The van der Waals surface area contributed by atoms with E-state index in [1.54, 1.807) is 18.8 Å². The van der Waals surface area contributed by atoms with Gasteiger partial charge in [0.05, 0.1) is 12.3 Å². The highest BCUT2D eigenvalue weighted by Gasteiger charge is 2.22. The number of thioether (sulfide) groups is 1. The van der Waals surface area contributed by atoms with Gasteiger partial charge in [0.25, 0.3) is 0 Å². The number of nitrogens with zero attached hydrogens (tertiary/aromatic N) is 2. The highest BCUT2D eigenvalue weighted by atomic mass is 32.2. The highest BCUT2D eigenvalue weighted by Crippen LogP contribution is 2.27. The van der Waals surface area contributed by atoms with Gasteiger partial charge in [-0.15, -0.1) is 11.8 Å². The third kappa shape index (κ3) is 4.98. The molecule has 1 aliphatic heterocycles. The molecule has 0 bridgehead atoms. The number of rotatable bonds is 5. The first-order valence-corrected chi connectivity index (χ1v) is 9.30. The first kappa shape index (κ1) is 18.8. The Kier molecular flexibility index (Phi) is 6.69. The summed E-state index contributed by atoms with van der Waals surface area (Å²) in [7, 11) is 1.65. The van der Waals surface area contributed by atoms with Gasteiger partial charge in [-0.3, -0.25) is 14.5 Å². The van der Waals surface area contributed by atoms with Crippen molar-refractivity contribution < 1.29 is 9.59 Å². The number of likely N-dealkylation sites (N-methyl/N-ethyl adjacent to an activating group) is 1. The van der Waals surface area contributed by atoms with Crippen LogP contribution in [0, 0.1) is 20.8 Å². The molecule has 6 heteroatoms. The number of amides is 2. The van der Waals surface area contributed by atoms with Gasteiger partial charge in [-0.25, -0.2) is 0 Å². The SMILES string of the molecule is CNC(=O)CN1CCN(C(=O)CSc2c(C)cc(C)cc2C)CC1. The fraction of sp³-hybridized carbons (Fsp3) is 0.556. The van der Waals surface area contributed by atoms with Crippen LogP contribution in [0.25, 0.3) is 0 Å². The van der Waals surface area contributed by atoms with E-state index in [0.29, 0.717) is 25.4 Å². The first-order chi connectivity index (χ1) is 11.4. The van der Waals surface area contributed by atoms with Crippen LogP contribution in [0.3, 0.4) is 0 Å². The van der Waals surface area contributed by atoms with Gasteiger partial charge in [0, 0.05) is 38.1 Å². The zero-order chi connectivity index (χ0) is 17.7. The molecule has 1 aromatic carbocycles. The van der Waals surface area contributed by atoms with E-state index in [0.717, 1.165) is 13.1 Å². The summed E-state index contributed by atoms with van der Waals surface area (Å²) in [5, 5.41) is 2.63. The van der Waals surface area contributed by atoms with Crippen LogP contribution in [0.15, 0.2) is 17.0 Å². The van der Waals surface area contributed by atoms with Crippen LogP contribution in [-0.4, -0.2) is 67.1 Å². The molecule has 1 N–H and O–H groups in total. The van der Waals surface area contributed by atoms with Gasteiger partial charge in [0.15, 0.2) is 0 Å². The Morgan fingerprint density at radius 1 is 1.08 bits per heavy atom. The molecule has 1 heterocycles. The Labute approximate surface area is 148 Å². The predicted octanol–water partition coefficient (Wildman–Crippen LogP) is 1.59. The zero-order valence-corrected chi connectivity index (χ0v) is 15.8. The van der Waals surface area contributed by atoms with E-state index in [4.69, 9.17) is 0 Å². The van der Waals surface area contributed by atoms with E-state index < -0.39 is 0 Å². The summed E-state index contributed by atoms with van der Waals surface area (Å²) >= 11 is 1.63. The molecule has 1 aromatic rings. The lowest BCUT2D eigenvalue weighted by atomic mass is 10.1. The zero-order valence-electron chi connectivity index (χ0n) is 15.0. The third-order valence-electron chi connectivity index (χ3n) is 4.32. The van der Waals surface area contributed by atoms with Gasteiger partial charge in [-0.05, 0) is 31.9 Å². The Morgan fingerprint density at radius 3 is 2.21 bits per heavy atom. The van der Waals surface area contributed by atoms with Crippen molar-refractivity contribution in [2.45, 2.75) is 25.7 Å². The standard InChI is InChI=1S/C18H27N3O2S/c1-13-9-14(2)18(15(3)10-13)24-12-17(23)21-7-5-20(6-8-21)11-16(22)19-4/h9-10H,5-8,11-12H2,1-4H3,(H,19,22). The molecule has 0 atom stereocenters. The van der Waals surface area contributed by atoms with Crippen LogP contribution in [0.5, 0.6) is 0 Å². The second-order valence-electron chi connectivity index (χ2n) is 6.35. The van der Waals surface area contributed by atoms with Crippen molar-refractivity contribution in [1.29, 1.82) is 0 Å². The van der Waals surface area contributed by atoms with E-state index in [2.05, 4.69) is 43.1 Å². The Balaban J connectivity index is 1.83. The lowest BCUT2D eigenvalue weighted by molar-refractivity contribution is -0.130. The molecule has 24 heavy (non-hydrogen) atoms. The van der Waals surface area contributed by atoms with Gasteiger partial charge in [0.2, 0.25) is 11.8 Å². The Morgan fingerprint density at radius 2 is 1.67 bits per heavy atom. The smallest absolute Gasteiger partial charge is 0.233 e. The van der Waals surface area contributed by atoms with Crippen molar-refractivity contribution in [3.05, 3.63) is 28.8 Å². The molecule has 0 radical (unpaired) electrons. The lowest BCUT2D eigenvalue weighted by Crippen LogP contribution is -2.51. The van der Waals surface area contributed by atoms with E-state index in [1.807, 2.05) is 4.90 Å². The molecular weight excluding hydrogens is 322 g/mol. The molecule has 2 amide bonds. The van der Waals surface area contributed by atoms with Crippen molar-refractivity contribution in [1.82, 2.24) is 15.1 Å². The van der Waals surface area contributed by atoms with Crippen LogP contribution < -0.4 is 5.32 Å². The van der Waals surface area contributed by atoms with E-state index in [1.165, 1.54) is 21.6 Å². The monoisotopic (exact) mass is 349 g/mol. The summed E-state index contributed by atoms with van der Waals surface area (Å²) < 4.78 is 0. The number of aryl methyl sites for hydroxylation is 3. The van der Waals surface area contributed by atoms with E-state index in [9.17, 15) is 9.59 Å². The average molecular weight is 350 g/mol. The minimum absolute atomic E-state index is 0.0238. The summed E-state index contributed by atoms with van der Waals surface area (Å²) in [5.41, 5.74) is 3.73. The fourth-order valence-electron chi connectivity index (χ4n) is 3.06. The maximum atomic E-state index is 12.5. The van der Waals surface area contributed by atoms with Crippen LogP contribution in [0.1, 0.15) is 16.7 Å². The molecule has 1 saturated heterocycles. The Hall–Kier alpha value is -1.53.